The first kappa shape index (κ1) is 29.2. The Balaban J connectivity index is 0. The van der Waals surface area contributed by atoms with E-state index in [0.29, 0.717) is 0 Å². The van der Waals surface area contributed by atoms with Crippen molar-refractivity contribution in [1.29, 1.82) is 0 Å². The molecule has 0 fully saturated rings. The Kier molecular flexibility index (Phi) is 21.7. The molecule has 0 aliphatic carbocycles. The molecule has 0 amide bonds. The fourth-order valence-corrected chi connectivity index (χ4v) is 2.26. The molecule has 0 N–H and O–H groups in total. The van der Waals surface area contributed by atoms with Crippen LogP contribution in [0, 0.1) is 0 Å². The number of alkyl halides is 2. The molecule has 0 atom stereocenters. The summed E-state index contributed by atoms with van der Waals surface area (Å²) in [4.78, 5) is 26.5. The van der Waals surface area contributed by atoms with Crippen molar-refractivity contribution in [2.75, 3.05) is 20.3 Å². The lowest BCUT2D eigenvalue weighted by molar-refractivity contribution is -0.448. The molecular formula is C18H34F2O7S. The molecule has 0 unspecified atom stereocenters. The largest absolute Gasteiger partial charge is 0.462 e. The number of ether oxygens (including phenoxy) is 2. The minimum atomic E-state index is -3.97. The van der Waals surface area contributed by atoms with E-state index in [1.165, 1.54) is 25.7 Å². The third-order valence-corrected chi connectivity index (χ3v) is 3.79. The third kappa shape index (κ3) is 18.4. The Morgan fingerprint density at radius 1 is 0.893 bits per heavy atom. The minimum Gasteiger partial charge on any atom is -0.462 e. The Hall–Kier alpha value is -0.970. The Labute approximate surface area is 170 Å². The van der Waals surface area contributed by atoms with Crippen molar-refractivity contribution in [3.05, 3.63) is 0 Å². The lowest BCUT2D eigenvalue weighted by atomic mass is 10.1. The van der Waals surface area contributed by atoms with Crippen molar-refractivity contribution in [1.82, 2.24) is 0 Å². The second-order valence-electron chi connectivity index (χ2n) is 5.48. The van der Waals surface area contributed by atoms with E-state index in [1.54, 1.807) is 0 Å². The highest BCUT2D eigenvalue weighted by Gasteiger charge is 2.44. The molecule has 28 heavy (non-hydrogen) atoms. The second-order valence-corrected chi connectivity index (χ2v) is 6.30. The normalized spacial score (nSPS) is 10.8. The number of hydrogen-bond acceptors (Lipinski definition) is 8. The summed E-state index contributed by atoms with van der Waals surface area (Å²) in [5.41, 5.74) is 0. The molecule has 0 radical (unpaired) electrons. The fourth-order valence-electron chi connectivity index (χ4n) is 1.97. The van der Waals surface area contributed by atoms with Crippen molar-refractivity contribution in [3.63, 3.8) is 0 Å². The molecule has 10 heteroatoms. The lowest BCUT2D eigenvalue weighted by Crippen LogP contribution is -2.29. The number of carbonyl (C=O) groups is 2. The van der Waals surface area contributed by atoms with Gasteiger partial charge in [0.2, 0.25) is 0 Å². The monoisotopic (exact) mass is 432 g/mol. The molecular weight excluding hydrogens is 398 g/mol. The summed E-state index contributed by atoms with van der Waals surface area (Å²) in [5.74, 6) is -2.27. The number of halogens is 2. The maximum atomic E-state index is 13.2. The number of carbonyl (C=O) groups excluding carboxylic acids is 2. The van der Waals surface area contributed by atoms with Crippen LogP contribution < -0.4 is 0 Å². The van der Waals surface area contributed by atoms with Crippen LogP contribution in [0.1, 0.15) is 78.6 Å². The van der Waals surface area contributed by atoms with Gasteiger partial charge in [-0.2, -0.15) is 8.78 Å². The standard InChI is InChI=1S/C16H28F2O7S.C2H6/c1-3-4-5-6-7-8-9-10-11-14(19)22-12-13-23-15(20)16(17,18)26-25-24-21-2;1-2/h3-13H2,1-2H3;1-2H3. The van der Waals surface area contributed by atoms with E-state index in [0.717, 1.165) is 32.8 Å². The molecule has 0 saturated carbocycles. The van der Waals surface area contributed by atoms with Gasteiger partial charge in [-0.3, -0.25) is 4.79 Å². The molecule has 0 rings (SSSR count). The van der Waals surface area contributed by atoms with E-state index in [-0.39, 0.29) is 13.0 Å². The predicted molar refractivity (Wildman–Crippen MR) is 102 cm³/mol. The van der Waals surface area contributed by atoms with Crippen LogP contribution in [0.15, 0.2) is 0 Å². The van der Waals surface area contributed by atoms with Gasteiger partial charge in [0.05, 0.1) is 7.11 Å². The molecule has 0 spiro atoms. The summed E-state index contributed by atoms with van der Waals surface area (Å²) in [6.07, 6.45) is 9.11. The van der Waals surface area contributed by atoms with Gasteiger partial charge in [0.25, 0.3) is 0 Å². The molecule has 0 bridgehead atoms. The first-order valence-electron chi connectivity index (χ1n) is 9.69. The maximum absolute atomic E-state index is 13.2. The molecule has 168 valence electrons. The average molecular weight is 433 g/mol. The van der Waals surface area contributed by atoms with Crippen LogP contribution in [0.3, 0.4) is 0 Å². The van der Waals surface area contributed by atoms with Gasteiger partial charge >= 0.3 is 17.2 Å². The Morgan fingerprint density at radius 2 is 1.43 bits per heavy atom. The zero-order valence-corrected chi connectivity index (χ0v) is 18.1. The van der Waals surface area contributed by atoms with Crippen molar-refractivity contribution in [2.24, 2.45) is 0 Å². The molecule has 0 aromatic rings. The van der Waals surface area contributed by atoms with Gasteiger partial charge in [-0.05, 0) is 6.42 Å². The van der Waals surface area contributed by atoms with E-state index in [9.17, 15) is 18.4 Å². The molecule has 0 aromatic heterocycles. The first-order valence-corrected chi connectivity index (χ1v) is 10.4. The van der Waals surface area contributed by atoms with E-state index < -0.39 is 35.8 Å². The summed E-state index contributed by atoms with van der Waals surface area (Å²) < 4.78 is 39.4. The van der Waals surface area contributed by atoms with E-state index in [1.807, 2.05) is 13.8 Å². The fraction of sp³-hybridized carbons (Fsp3) is 0.889. The summed E-state index contributed by atoms with van der Waals surface area (Å²) in [5, 5.41) is -0.211. The third-order valence-electron chi connectivity index (χ3n) is 3.29. The number of esters is 2. The van der Waals surface area contributed by atoms with Gasteiger partial charge in [-0.15, -0.1) is 4.33 Å². The summed E-state index contributed by atoms with van der Waals surface area (Å²) in [7, 11) is 1.04. The quantitative estimate of drug-likeness (QED) is 0.0996. The molecule has 0 aliphatic heterocycles. The second kappa shape index (κ2) is 20.8. The Bertz CT molecular complexity index is 385. The maximum Gasteiger partial charge on any atom is 0.415 e. The van der Waals surface area contributed by atoms with E-state index >= 15 is 0 Å². The van der Waals surface area contributed by atoms with Gasteiger partial charge in [-0.1, -0.05) is 70.8 Å². The molecule has 7 nitrogen and oxygen atoms in total. The molecule has 0 saturated heterocycles. The van der Waals surface area contributed by atoms with Crippen LogP contribution in [0.2, 0.25) is 0 Å². The van der Waals surface area contributed by atoms with Crippen molar-refractivity contribution < 1.29 is 42.1 Å². The van der Waals surface area contributed by atoms with Gasteiger partial charge < -0.3 is 9.47 Å². The van der Waals surface area contributed by atoms with Gasteiger partial charge in [-0.25, -0.2) is 9.68 Å². The zero-order chi connectivity index (χ0) is 21.7. The highest BCUT2D eigenvalue weighted by molar-refractivity contribution is 7.96. The van der Waals surface area contributed by atoms with Crippen LogP contribution in [0.25, 0.3) is 0 Å². The Morgan fingerprint density at radius 3 is 2.00 bits per heavy atom. The van der Waals surface area contributed by atoms with Crippen LogP contribution in [-0.2, 0) is 33.3 Å². The zero-order valence-electron chi connectivity index (χ0n) is 17.3. The average Bonchev–Trinajstić information content (AvgIpc) is 2.68. The van der Waals surface area contributed by atoms with E-state index in [2.05, 4.69) is 25.9 Å². The van der Waals surface area contributed by atoms with Crippen LogP contribution >= 0.6 is 12.0 Å². The van der Waals surface area contributed by atoms with Crippen LogP contribution in [-0.4, -0.2) is 37.5 Å². The number of hydrogen-bond donors (Lipinski definition) is 0. The minimum absolute atomic E-state index is 0.261. The van der Waals surface area contributed by atoms with Crippen LogP contribution in [0.4, 0.5) is 8.78 Å². The van der Waals surface area contributed by atoms with E-state index in [4.69, 9.17) is 4.74 Å². The lowest BCUT2D eigenvalue weighted by Gasteiger charge is -2.12. The number of rotatable bonds is 17. The predicted octanol–water partition coefficient (Wildman–Crippen LogP) is 5.38. The van der Waals surface area contributed by atoms with Crippen molar-refractivity contribution in [3.8, 4) is 0 Å². The van der Waals surface area contributed by atoms with Gasteiger partial charge in [0.1, 0.15) is 25.3 Å². The highest BCUT2D eigenvalue weighted by atomic mass is 32.2. The van der Waals surface area contributed by atoms with Crippen LogP contribution in [0.5, 0.6) is 0 Å². The highest BCUT2D eigenvalue weighted by Crippen LogP contribution is 2.31. The molecule has 0 aliphatic rings. The SMILES string of the molecule is CC.CCCCCCCCCCC(=O)OCCOC(=O)C(F)(F)SOOOC. The van der Waals surface area contributed by atoms with Crippen molar-refractivity contribution >= 4 is 24.0 Å². The molecule has 0 heterocycles. The number of unbranched alkanes of at least 4 members (excludes halogenated alkanes) is 7. The summed E-state index contributed by atoms with van der Waals surface area (Å²) in [6, 6.07) is 0. The first-order chi connectivity index (χ1) is 13.4. The van der Waals surface area contributed by atoms with Gasteiger partial charge in [0.15, 0.2) is 0 Å². The smallest absolute Gasteiger partial charge is 0.415 e. The summed E-state index contributed by atoms with van der Waals surface area (Å²) >= 11 is -0.565. The van der Waals surface area contributed by atoms with Gasteiger partial charge in [0, 0.05) is 6.42 Å². The molecule has 0 aromatic carbocycles. The topological polar surface area (TPSA) is 80.3 Å². The van der Waals surface area contributed by atoms with Crippen molar-refractivity contribution in [2.45, 2.75) is 83.8 Å². The summed E-state index contributed by atoms with van der Waals surface area (Å²) in [6.45, 7) is 5.42.